The summed E-state index contributed by atoms with van der Waals surface area (Å²) in [6.45, 7) is 1.84. The van der Waals surface area contributed by atoms with Gasteiger partial charge in [-0.25, -0.2) is 4.79 Å². The Morgan fingerprint density at radius 3 is 2.63 bits per heavy atom. The van der Waals surface area contributed by atoms with Gasteiger partial charge in [0, 0.05) is 28.9 Å². The molecule has 2 amide bonds. The van der Waals surface area contributed by atoms with Gasteiger partial charge in [-0.1, -0.05) is 0 Å². The first-order chi connectivity index (χ1) is 14.2. The van der Waals surface area contributed by atoms with Gasteiger partial charge in [0.25, 0.3) is 0 Å². The highest BCUT2D eigenvalue weighted by molar-refractivity contribution is 5.92. The van der Waals surface area contributed by atoms with E-state index < -0.39 is 18.1 Å². The van der Waals surface area contributed by atoms with E-state index in [1.54, 1.807) is 29.2 Å². The molecule has 2 N–H and O–H groups in total. The van der Waals surface area contributed by atoms with Gasteiger partial charge in [0.15, 0.2) is 0 Å². The minimum atomic E-state index is -4.21. The number of aromatic nitrogens is 2. The summed E-state index contributed by atoms with van der Waals surface area (Å²) in [5, 5.41) is 4.31. The van der Waals surface area contributed by atoms with Crippen LogP contribution in [0.25, 0.3) is 11.1 Å². The Bertz CT molecular complexity index is 1000. The fourth-order valence-corrected chi connectivity index (χ4v) is 3.72. The van der Waals surface area contributed by atoms with Crippen molar-refractivity contribution in [2.24, 2.45) is 5.73 Å². The maximum Gasteiger partial charge on any atom is 0.482 e. The van der Waals surface area contributed by atoms with E-state index in [9.17, 15) is 18.4 Å². The topological polar surface area (TPSA) is 99.7 Å². The van der Waals surface area contributed by atoms with E-state index >= 15 is 0 Å². The van der Waals surface area contributed by atoms with Crippen LogP contribution in [-0.2, 0) is 16.0 Å². The summed E-state index contributed by atoms with van der Waals surface area (Å²) in [4.78, 5) is 25.0. The van der Waals surface area contributed by atoms with Crippen molar-refractivity contribution < 1.29 is 27.8 Å². The number of amides is 2. The highest BCUT2D eigenvalue weighted by atomic mass is 19.3. The quantitative estimate of drug-likeness (QED) is 0.801. The molecular weight excluding hydrogens is 398 g/mol. The highest BCUT2D eigenvalue weighted by Gasteiger charge is 2.43. The molecule has 0 saturated heterocycles. The highest BCUT2D eigenvalue weighted by Crippen LogP contribution is 2.45. The molecule has 10 heteroatoms. The second-order valence-corrected chi connectivity index (χ2v) is 7.59. The molecule has 1 atom stereocenters. The van der Waals surface area contributed by atoms with Crippen molar-refractivity contribution in [2.75, 3.05) is 12.0 Å². The molecule has 2 aliphatic rings. The maximum atomic E-state index is 14.2. The van der Waals surface area contributed by atoms with Gasteiger partial charge in [0.2, 0.25) is 0 Å². The van der Waals surface area contributed by atoms with Crippen LogP contribution in [0.15, 0.2) is 24.5 Å². The molecule has 1 aromatic heterocycles. The number of halogens is 2. The molecular formula is C20H22F2N4O4. The van der Waals surface area contributed by atoms with Crippen LogP contribution in [0.4, 0.5) is 19.3 Å². The van der Waals surface area contributed by atoms with E-state index in [4.69, 9.17) is 15.2 Å². The Hall–Kier alpha value is -3.17. The number of methoxy groups -OCH3 is 1. The number of hydrogen-bond donors (Lipinski definition) is 1. The summed E-state index contributed by atoms with van der Waals surface area (Å²) < 4.78 is 40.0. The largest absolute Gasteiger partial charge is 0.482 e. The molecule has 1 fully saturated rings. The van der Waals surface area contributed by atoms with Crippen LogP contribution >= 0.6 is 0 Å². The van der Waals surface area contributed by atoms with Crippen LogP contribution in [0, 0.1) is 0 Å². The third-order valence-electron chi connectivity index (χ3n) is 5.47. The molecule has 30 heavy (non-hydrogen) atoms. The van der Waals surface area contributed by atoms with Gasteiger partial charge in [-0.2, -0.15) is 13.9 Å². The van der Waals surface area contributed by atoms with Crippen molar-refractivity contribution in [1.29, 1.82) is 0 Å². The molecule has 1 unspecified atom stereocenters. The van der Waals surface area contributed by atoms with E-state index in [0.29, 0.717) is 41.3 Å². The molecule has 0 spiro atoms. The molecule has 0 radical (unpaired) electrons. The van der Waals surface area contributed by atoms with Crippen LogP contribution in [-0.4, -0.2) is 41.0 Å². The summed E-state index contributed by atoms with van der Waals surface area (Å²) in [5.41, 5.74) is 6.54. The Balaban J connectivity index is 1.86. The van der Waals surface area contributed by atoms with Crippen molar-refractivity contribution in [1.82, 2.24) is 9.78 Å². The zero-order chi connectivity index (χ0) is 21.6. The average molecular weight is 420 g/mol. The summed E-state index contributed by atoms with van der Waals surface area (Å²) in [6, 6.07) is 3.36. The number of primary amides is 1. The van der Waals surface area contributed by atoms with Crippen molar-refractivity contribution in [3.8, 4) is 16.9 Å². The van der Waals surface area contributed by atoms with Crippen molar-refractivity contribution in [3.05, 3.63) is 30.1 Å². The van der Waals surface area contributed by atoms with Crippen LogP contribution in [0.5, 0.6) is 5.75 Å². The molecule has 1 aromatic carbocycles. The molecule has 1 saturated carbocycles. The number of ether oxygens (including phenoxy) is 2. The number of anilines is 1. The lowest BCUT2D eigenvalue weighted by atomic mass is 9.92. The fraction of sp³-hybridized carbons (Fsp3) is 0.450. The number of alkyl halides is 2. The van der Waals surface area contributed by atoms with Crippen LogP contribution in [0.1, 0.15) is 37.8 Å². The first-order valence-electron chi connectivity index (χ1n) is 9.67. The average Bonchev–Trinajstić information content (AvgIpc) is 3.44. The fourth-order valence-electron chi connectivity index (χ4n) is 3.72. The summed E-state index contributed by atoms with van der Waals surface area (Å²) in [7, 11) is 1.25. The molecule has 2 aromatic rings. The summed E-state index contributed by atoms with van der Waals surface area (Å²) in [5.74, 6) is -2.08. The molecule has 4 rings (SSSR count). The van der Waals surface area contributed by atoms with E-state index in [0.717, 1.165) is 12.8 Å². The smallest absolute Gasteiger partial charge is 0.452 e. The van der Waals surface area contributed by atoms with E-state index in [1.807, 2.05) is 6.92 Å². The number of fused-ring (bicyclic) bond motifs is 1. The minimum Gasteiger partial charge on any atom is -0.452 e. The monoisotopic (exact) mass is 420 g/mol. The van der Waals surface area contributed by atoms with E-state index in [-0.39, 0.29) is 11.8 Å². The third kappa shape index (κ3) is 3.46. The van der Waals surface area contributed by atoms with Gasteiger partial charge in [0.1, 0.15) is 5.75 Å². The molecule has 1 aliphatic heterocycles. The Kier molecular flexibility index (Phi) is 4.87. The van der Waals surface area contributed by atoms with Crippen LogP contribution in [0.2, 0.25) is 0 Å². The molecule has 1 aliphatic carbocycles. The molecule has 160 valence electrons. The molecule has 2 heterocycles. The molecule has 0 bridgehead atoms. The number of nitrogens with two attached hydrogens (primary N) is 1. The first kappa shape index (κ1) is 20.1. The van der Waals surface area contributed by atoms with Crippen LogP contribution < -0.4 is 15.4 Å². The Morgan fingerprint density at radius 2 is 2.00 bits per heavy atom. The van der Waals surface area contributed by atoms with Gasteiger partial charge < -0.3 is 15.2 Å². The Morgan fingerprint density at radius 1 is 1.27 bits per heavy atom. The second-order valence-electron chi connectivity index (χ2n) is 7.59. The first-order valence-corrected chi connectivity index (χ1v) is 9.67. The zero-order valence-corrected chi connectivity index (χ0v) is 16.6. The number of rotatable bonds is 5. The van der Waals surface area contributed by atoms with Crippen molar-refractivity contribution >= 4 is 17.7 Å². The summed E-state index contributed by atoms with van der Waals surface area (Å²) >= 11 is 0. The number of nitrogens with zero attached hydrogens (tertiary/aromatic N) is 3. The third-order valence-corrected chi connectivity index (χ3v) is 5.47. The van der Waals surface area contributed by atoms with Gasteiger partial charge in [0.05, 0.1) is 25.0 Å². The van der Waals surface area contributed by atoms with Crippen molar-refractivity contribution in [2.45, 2.75) is 50.8 Å². The van der Waals surface area contributed by atoms with E-state index in [2.05, 4.69) is 5.10 Å². The zero-order valence-electron chi connectivity index (χ0n) is 16.6. The minimum absolute atomic E-state index is 0.188. The predicted octanol–water partition coefficient (Wildman–Crippen LogP) is 3.25. The van der Waals surface area contributed by atoms with Gasteiger partial charge >= 0.3 is 18.1 Å². The normalized spacial score (nSPS) is 18.7. The van der Waals surface area contributed by atoms with Crippen LogP contribution in [0.3, 0.4) is 0 Å². The van der Waals surface area contributed by atoms with E-state index in [1.165, 1.54) is 12.0 Å². The lowest BCUT2D eigenvalue weighted by molar-refractivity contribution is -0.189. The standard InChI is InChI=1S/C20H22F2N4O4/c1-11-3-6-15-16(26(11)19(28)29-2)8-7-14(17(15)30-20(21,22)18(23)27)12-9-24-25(10-12)13-4-5-13/h7-11,13H,3-6H2,1-2H3,(H2,23,27). The second kappa shape index (κ2) is 7.26. The SMILES string of the molecule is COC(=O)N1c2ccc(-c3cnn(C4CC4)c3)c(OC(F)(F)C(N)=O)c2CCC1C. The van der Waals surface area contributed by atoms with Gasteiger partial charge in [-0.15, -0.1) is 0 Å². The van der Waals surface area contributed by atoms with Crippen molar-refractivity contribution in [3.63, 3.8) is 0 Å². The number of hydrogen-bond acceptors (Lipinski definition) is 5. The Labute approximate surface area is 171 Å². The van der Waals surface area contributed by atoms with Gasteiger partial charge in [-0.05, 0) is 44.7 Å². The lowest BCUT2D eigenvalue weighted by Crippen LogP contribution is -2.43. The summed E-state index contributed by atoms with van der Waals surface area (Å²) in [6.07, 6.45) is 1.42. The molecule has 8 nitrogen and oxygen atoms in total. The predicted molar refractivity (Wildman–Crippen MR) is 103 cm³/mol. The number of benzene rings is 1. The van der Waals surface area contributed by atoms with Gasteiger partial charge in [-0.3, -0.25) is 14.4 Å². The lowest BCUT2D eigenvalue weighted by Gasteiger charge is -2.35. The number of carbonyl (C=O) groups is 2. The number of carbonyl (C=O) groups excluding carboxylic acids is 2. The maximum absolute atomic E-state index is 14.2.